The molecule has 0 unspecified atom stereocenters. The summed E-state index contributed by atoms with van der Waals surface area (Å²) in [6.07, 6.45) is 4.03. The van der Waals surface area contributed by atoms with Crippen LogP contribution in [0.25, 0.3) is 16.9 Å². The maximum atomic E-state index is 5.23. The second kappa shape index (κ2) is 4.77. The monoisotopic (exact) mass is 276 g/mol. The Kier molecular flexibility index (Phi) is 2.78. The van der Waals surface area contributed by atoms with Crippen LogP contribution < -0.4 is 4.74 Å². The van der Waals surface area contributed by atoms with Crippen molar-refractivity contribution in [2.45, 2.75) is 12.8 Å². The van der Waals surface area contributed by atoms with Gasteiger partial charge in [0.25, 0.3) is 0 Å². The van der Waals surface area contributed by atoms with E-state index in [1.165, 1.54) is 11.3 Å². The van der Waals surface area contributed by atoms with Gasteiger partial charge in [-0.05, 0) is 42.3 Å². The molecule has 1 aliphatic rings. The van der Waals surface area contributed by atoms with Gasteiger partial charge in [-0.15, -0.1) is 0 Å². The molecular weight excluding hydrogens is 260 g/mol. The molecule has 0 radical (unpaired) electrons. The lowest BCUT2D eigenvalue weighted by Gasteiger charge is -2.20. The maximum absolute atomic E-state index is 5.23. The highest BCUT2D eigenvalue weighted by Crippen LogP contribution is 2.31. The van der Waals surface area contributed by atoms with Gasteiger partial charge in [-0.2, -0.15) is 0 Å². The van der Waals surface area contributed by atoms with Crippen LogP contribution in [-0.4, -0.2) is 16.7 Å². The number of aryl methyl sites for hydroxylation is 2. The lowest BCUT2D eigenvalue weighted by molar-refractivity contribution is 0.415. The molecule has 2 aromatic carbocycles. The van der Waals surface area contributed by atoms with E-state index in [-0.39, 0.29) is 0 Å². The van der Waals surface area contributed by atoms with E-state index in [1.807, 2.05) is 18.3 Å². The first-order valence-electron chi connectivity index (χ1n) is 7.16. The van der Waals surface area contributed by atoms with Crippen LogP contribution in [0.4, 0.5) is 0 Å². The van der Waals surface area contributed by atoms with Crippen LogP contribution in [0.15, 0.2) is 54.7 Å². The van der Waals surface area contributed by atoms with Gasteiger partial charge in [-0.3, -0.25) is 4.57 Å². The number of hydrogen-bond donors (Lipinski definition) is 0. The maximum Gasteiger partial charge on any atom is 0.118 e. The van der Waals surface area contributed by atoms with Gasteiger partial charge in [0.15, 0.2) is 0 Å². The van der Waals surface area contributed by atoms with Gasteiger partial charge >= 0.3 is 0 Å². The van der Waals surface area contributed by atoms with Crippen molar-refractivity contribution in [3.8, 4) is 22.7 Å². The van der Waals surface area contributed by atoms with E-state index >= 15 is 0 Å². The first kappa shape index (κ1) is 12.2. The highest BCUT2D eigenvalue weighted by atomic mass is 16.5. The number of imidazole rings is 1. The highest BCUT2D eigenvalue weighted by molar-refractivity contribution is 5.65. The number of nitrogens with zero attached hydrogens (tertiary/aromatic N) is 2. The third-order valence-corrected chi connectivity index (χ3v) is 4.07. The number of aromatic nitrogens is 2. The Morgan fingerprint density at radius 3 is 2.62 bits per heavy atom. The quantitative estimate of drug-likeness (QED) is 0.714. The first-order valence-corrected chi connectivity index (χ1v) is 7.16. The molecular formula is C18H16N2O. The summed E-state index contributed by atoms with van der Waals surface area (Å²) in [7, 11) is 1.69. The molecule has 0 saturated carbocycles. The lowest BCUT2D eigenvalue weighted by Crippen LogP contribution is -2.12. The lowest BCUT2D eigenvalue weighted by atomic mass is 10.0. The molecule has 0 aliphatic carbocycles. The van der Waals surface area contributed by atoms with Crippen molar-refractivity contribution in [1.29, 1.82) is 0 Å². The van der Waals surface area contributed by atoms with Gasteiger partial charge in [0, 0.05) is 12.0 Å². The summed E-state index contributed by atoms with van der Waals surface area (Å²) < 4.78 is 7.51. The summed E-state index contributed by atoms with van der Waals surface area (Å²) in [5.74, 6) is 2.01. The molecule has 0 bridgehead atoms. The fraction of sp³-hybridized carbons (Fsp3) is 0.167. The van der Waals surface area contributed by atoms with Crippen molar-refractivity contribution in [2.24, 2.45) is 0 Å². The number of para-hydroxylation sites is 1. The standard InChI is InChI=1S/C18H16N2O/c1-21-15-9-6-14(7-10-15)17-12-19-18-11-8-13-4-2-3-5-16(13)20(17)18/h2-7,9-10,12H,8,11H2,1H3. The number of benzene rings is 2. The molecule has 0 saturated heterocycles. The van der Waals surface area contributed by atoms with Crippen molar-refractivity contribution in [1.82, 2.24) is 9.55 Å². The third kappa shape index (κ3) is 1.93. The van der Waals surface area contributed by atoms with E-state index in [2.05, 4.69) is 45.9 Å². The molecule has 3 heteroatoms. The van der Waals surface area contributed by atoms with Crippen LogP contribution in [0.1, 0.15) is 11.4 Å². The van der Waals surface area contributed by atoms with Crippen molar-refractivity contribution in [3.05, 3.63) is 66.1 Å². The van der Waals surface area contributed by atoms with E-state index in [1.54, 1.807) is 7.11 Å². The topological polar surface area (TPSA) is 27.1 Å². The second-order valence-corrected chi connectivity index (χ2v) is 5.25. The van der Waals surface area contributed by atoms with Crippen molar-refractivity contribution >= 4 is 0 Å². The van der Waals surface area contributed by atoms with Crippen LogP contribution in [0.5, 0.6) is 5.75 Å². The Bertz CT molecular complexity index is 787. The minimum atomic E-state index is 0.873. The van der Waals surface area contributed by atoms with Gasteiger partial charge in [0.05, 0.1) is 24.7 Å². The van der Waals surface area contributed by atoms with Gasteiger partial charge < -0.3 is 4.74 Å². The molecule has 0 spiro atoms. The Hall–Kier alpha value is -2.55. The molecule has 2 heterocycles. The van der Waals surface area contributed by atoms with Crippen LogP contribution in [0.2, 0.25) is 0 Å². The number of rotatable bonds is 2. The summed E-state index contributed by atoms with van der Waals surface area (Å²) in [6.45, 7) is 0. The predicted octanol–water partition coefficient (Wildman–Crippen LogP) is 3.65. The van der Waals surface area contributed by atoms with Crippen molar-refractivity contribution in [2.75, 3.05) is 7.11 Å². The zero-order valence-corrected chi connectivity index (χ0v) is 11.9. The first-order chi connectivity index (χ1) is 10.4. The number of hydrogen-bond acceptors (Lipinski definition) is 2. The van der Waals surface area contributed by atoms with Gasteiger partial charge in [0.1, 0.15) is 11.6 Å². The summed E-state index contributed by atoms with van der Waals surface area (Å²) >= 11 is 0. The second-order valence-electron chi connectivity index (χ2n) is 5.25. The van der Waals surface area contributed by atoms with E-state index in [0.717, 1.165) is 35.7 Å². The average molecular weight is 276 g/mol. The molecule has 1 aliphatic heterocycles. The Balaban J connectivity index is 1.88. The smallest absolute Gasteiger partial charge is 0.118 e. The van der Waals surface area contributed by atoms with Crippen LogP contribution >= 0.6 is 0 Å². The van der Waals surface area contributed by atoms with E-state index in [4.69, 9.17) is 4.74 Å². The largest absolute Gasteiger partial charge is 0.497 e. The molecule has 3 nitrogen and oxygen atoms in total. The van der Waals surface area contributed by atoms with E-state index < -0.39 is 0 Å². The Morgan fingerprint density at radius 1 is 1.00 bits per heavy atom. The summed E-state index contributed by atoms with van der Waals surface area (Å²) in [6, 6.07) is 16.7. The van der Waals surface area contributed by atoms with Crippen LogP contribution in [-0.2, 0) is 12.8 Å². The summed E-state index contributed by atoms with van der Waals surface area (Å²) in [5.41, 5.74) is 4.94. The molecule has 3 aromatic rings. The van der Waals surface area contributed by atoms with Crippen molar-refractivity contribution in [3.63, 3.8) is 0 Å². The SMILES string of the molecule is COc1ccc(-c2cnc3n2-c2ccccc2CC3)cc1. The molecule has 104 valence electrons. The fourth-order valence-electron chi connectivity index (χ4n) is 2.99. The minimum Gasteiger partial charge on any atom is -0.497 e. The minimum absolute atomic E-state index is 0.873. The molecule has 0 fully saturated rings. The van der Waals surface area contributed by atoms with Gasteiger partial charge in [-0.1, -0.05) is 18.2 Å². The van der Waals surface area contributed by atoms with Crippen LogP contribution in [0.3, 0.4) is 0 Å². The molecule has 21 heavy (non-hydrogen) atoms. The predicted molar refractivity (Wildman–Crippen MR) is 83.0 cm³/mol. The molecule has 1 aromatic heterocycles. The third-order valence-electron chi connectivity index (χ3n) is 4.07. The Morgan fingerprint density at radius 2 is 1.81 bits per heavy atom. The van der Waals surface area contributed by atoms with Crippen molar-refractivity contribution < 1.29 is 4.74 Å². The average Bonchev–Trinajstić information content (AvgIpc) is 2.99. The van der Waals surface area contributed by atoms with Crippen LogP contribution in [0, 0.1) is 0 Å². The van der Waals surface area contributed by atoms with Gasteiger partial charge in [0.2, 0.25) is 0 Å². The fourth-order valence-corrected chi connectivity index (χ4v) is 2.99. The molecule has 0 amide bonds. The normalized spacial score (nSPS) is 12.6. The molecule has 4 rings (SSSR count). The molecule has 0 atom stereocenters. The zero-order valence-electron chi connectivity index (χ0n) is 11.9. The molecule has 0 N–H and O–H groups in total. The van der Waals surface area contributed by atoms with E-state index in [9.17, 15) is 0 Å². The zero-order chi connectivity index (χ0) is 14.2. The Labute approximate surface area is 123 Å². The number of methoxy groups -OCH3 is 1. The van der Waals surface area contributed by atoms with E-state index in [0.29, 0.717) is 0 Å². The summed E-state index contributed by atoms with van der Waals surface area (Å²) in [4.78, 5) is 4.61. The number of ether oxygens (including phenoxy) is 1. The summed E-state index contributed by atoms with van der Waals surface area (Å²) in [5, 5.41) is 0. The highest BCUT2D eigenvalue weighted by Gasteiger charge is 2.20. The van der Waals surface area contributed by atoms with Gasteiger partial charge in [-0.25, -0.2) is 4.98 Å². The number of fused-ring (bicyclic) bond motifs is 3.